The van der Waals surface area contributed by atoms with Crippen molar-refractivity contribution in [2.24, 2.45) is 5.73 Å². The molecule has 0 bridgehead atoms. The summed E-state index contributed by atoms with van der Waals surface area (Å²) in [6.07, 6.45) is 1.05. The molecule has 2 aromatic rings. The van der Waals surface area contributed by atoms with E-state index in [0.717, 1.165) is 11.4 Å². The maximum Gasteiger partial charge on any atom is 0.0470 e. The van der Waals surface area contributed by atoms with Crippen molar-refractivity contribution < 1.29 is 0 Å². The topological polar surface area (TPSA) is 29.3 Å². The Balaban J connectivity index is 2.10. The van der Waals surface area contributed by atoms with Crippen molar-refractivity contribution in [2.75, 3.05) is 13.6 Å². The smallest absolute Gasteiger partial charge is 0.0470 e. The van der Waals surface area contributed by atoms with E-state index in [1.807, 2.05) is 29.5 Å². The number of nitrogens with two attached hydrogens (primary N) is 1. The number of rotatable bonds is 6. The lowest BCUT2D eigenvalue weighted by atomic mass is 10.0. The Kier molecular flexibility index (Phi) is 5.61. The Morgan fingerprint density at radius 2 is 2.10 bits per heavy atom. The first-order valence-corrected chi connectivity index (χ1v) is 8.07. The minimum absolute atomic E-state index is 0.198. The van der Waals surface area contributed by atoms with Gasteiger partial charge in [0, 0.05) is 28.5 Å². The van der Waals surface area contributed by atoms with Gasteiger partial charge in [0.1, 0.15) is 0 Å². The molecular formula is C16H21ClN2S. The second-order valence-corrected chi connectivity index (χ2v) is 6.57. The summed E-state index contributed by atoms with van der Waals surface area (Å²) < 4.78 is 0. The summed E-state index contributed by atoms with van der Waals surface area (Å²) in [5, 5.41) is 2.89. The van der Waals surface area contributed by atoms with E-state index in [-0.39, 0.29) is 6.04 Å². The maximum atomic E-state index is 6.09. The lowest BCUT2D eigenvalue weighted by molar-refractivity contribution is 0.188. The van der Waals surface area contributed by atoms with Crippen molar-refractivity contribution in [1.29, 1.82) is 0 Å². The molecule has 2 unspecified atom stereocenters. The van der Waals surface area contributed by atoms with Gasteiger partial charge >= 0.3 is 0 Å². The van der Waals surface area contributed by atoms with Crippen LogP contribution in [0.1, 0.15) is 23.4 Å². The number of nitrogens with zero attached hydrogens (tertiary/aromatic N) is 1. The average molecular weight is 309 g/mol. The molecule has 2 rings (SSSR count). The van der Waals surface area contributed by atoms with E-state index in [1.165, 1.54) is 10.4 Å². The standard InChI is InChI=1S/C16H21ClN2S/c1-12(9-15-7-4-8-20-15)19(2)16(11-18)13-5-3-6-14(17)10-13/h3-8,10,12,16H,9,11,18H2,1-2H3. The SMILES string of the molecule is CC(Cc1cccs1)N(C)C(CN)c1cccc(Cl)c1. The quantitative estimate of drug-likeness (QED) is 0.875. The van der Waals surface area contributed by atoms with Crippen molar-refractivity contribution >= 4 is 22.9 Å². The predicted molar refractivity (Wildman–Crippen MR) is 88.5 cm³/mol. The van der Waals surface area contributed by atoms with Gasteiger partial charge in [-0.2, -0.15) is 0 Å². The summed E-state index contributed by atoms with van der Waals surface area (Å²) in [5.74, 6) is 0. The van der Waals surface area contributed by atoms with Gasteiger partial charge in [0.05, 0.1) is 0 Å². The summed E-state index contributed by atoms with van der Waals surface area (Å²) in [6, 6.07) is 12.9. The highest BCUT2D eigenvalue weighted by Gasteiger charge is 2.21. The van der Waals surface area contributed by atoms with Gasteiger partial charge in [-0.25, -0.2) is 0 Å². The van der Waals surface area contributed by atoms with Crippen LogP contribution in [0.25, 0.3) is 0 Å². The zero-order chi connectivity index (χ0) is 14.5. The predicted octanol–water partition coefficient (Wildman–Crippen LogP) is 3.96. The third-order valence-electron chi connectivity index (χ3n) is 3.72. The Hall–Kier alpha value is -0.870. The summed E-state index contributed by atoms with van der Waals surface area (Å²) in [6.45, 7) is 2.83. The van der Waals surface area contributed by atoms with Crippen molar-refractivity contribution in [1.82, 2.24) is 4.90 Å². The van der Waals surface area contributed by atoms with Crippen LogP contribution in [0.4, 0.5) is 0 Å². The van der Waals surface area contributed by atoms with E-state index in [9.17, 15) is 0 Å². The van der Waals surface area contributed by atoms with Crippen LogP contribution >= 0.6 is 22.9 Å². The number of hydrogen-bond acceptors (Lipinski definition) is 3. The van der Waals surface area contributed by atoms with Crippen LogP contribution in [0.5, 0.6) is 0 Å². The van der Waals surface area contributed by atoms with Crippen LogP contribution in [-0.2, 0) is 6.42 Å². The van der Waals surface area contributed by atoms with Crippen molar-refractivity contribution in [2.45, 2.75) is 25.4 Å². The molecule has 0 saturated heterocycles. The fourth-order valence-corrected chi connectivity index (χ4v) is 3.45. The van der Waals surface area contributed by atoms with Gasteiger partial charge in [-0.05, 0) is 49.5 Å². The first-order chi connectivity index (χ1) is 9.61. The van der Waals surface area contributed by atoms with E-state index in [0.29, 0.717) is 12.6 Å². The Morgan fingerprint density at radius 1 is 1.30 bits per heavy atom. The minimum Gasteiger partial charge on any atom is -0.329 e. The van der Waals surface area contributed by atoms with Gasteiger partial charge in [-0.3, -0.25) is 4.90 Å². The largest absolute Gasteiger partial charge is 0.329 e. The van der Waals surface area contributed by atoms with E-state index in [1.54, 1.807) is 0 Å². The average Bonchev–Trinajstić information content (AvgIpc) is 2.92. The molecule has 0 saturated carbocycles. The van der Waals surface area contributed by atoms with Crippen LogP contribution in [0.3, 0.4) is 0 Å². The lowest BCUT2D eigenvalue weighted by Gasteiger charge is -2.32. The molecule has 0 fully saturated rings. The first-order valence-electron chi connectivity index (χ1n) is 6.81. The van der Waals surface area contributed by atoms with Crippen LogP contribution in [0.2, 0.25) is 5.02 Å². The Labute approximate surface area is 130 Å². The van der Waals surface area contributed by atoms with Gasteiger partial charge in [0.25, 0.3) is 0 Å². The molecule has 1 heterocycles. The van der Waals surface area contributed by atoms with E-state index >= 15 is 0 Å². The number of hydrogen-bond donors (Lipinski definition) is 1. The van der Waals surface area contributed by atoms with E-state index in [4.69, 9.17) is 17.3 Å². The normalized spacial score (nSPS) is 14.4. The molecule has 2 N–H and O–H groups in total. The molecule has 0 amide bonds. The highest BCUT2D eigenvalue weighted by molar-refractivity contribution is 7.09. The van der Waals surface area contributed by atoms with Gasteiger partial charge in [-0.15, -0.1) is 11.3 Å². The molecule has 1 aromatic heterocycles. The molecule has 20 heavy (non-hydrogen) atoms. The number of halogens is 1. The second kappa shape index (κ2) is 7.23. The molecular weight excluding hydrogens is 288 g/mol. The van der Waals surface area contributed by atoms with Gasteiger partial charge in [0.2, 0.25) is 0 Å². The molecule has 0 radical (unpaired) electrons. The summed E-state index contributed by atoms with van der Waals surface area (Å²) >= 11 is 7.89. The third kappa shape index (κ3) is 3.83. The molecule has 2 atom stereocenters. The van der Waals surface area contributed by atoms with Crippen LogP contribution in [0.15, 0.2) is 41.8 Å². The minimum atomic E-state index is 0.198. The zero-order valence-corrected chi connectivity index (χ0v) is 13.5. The van der Waals surface area contributed by atoms with Crippen LogP contribution < -0.4 is 5.73 Å². The lowest BCUT2D eigenvalue weighted by Crippen LogP contribution is -2.38. The highest BCUT2D eigenvalue weighted by atomic mass is 35.5. The van der Waals surface area contributed by atoms with Crippen molar-refractivity contribution in [3.63, 3.8) is 0 Å². The van der Waals surface area contributed by atoms with Crippen LogP contribution in [-0.4, -0.2) is 24.5 Å². The Bertz CT molecular complexity index is 527. The fraction of sp³-hybridized carbons (Fsp3) is 0.375. The third-order valence-corrected chi connectivity index (χ3v) is 4.85. The number of benzene rings is 1. The summed E-state index contributed by atoms with van der Waals surface area (Å²) in [4.78, 5) is 3.75. The second-order valence-electron chi connectivity index (χ2n) is 5.10. The molecule has 0 spiro atoms. The Morgan fingerprint density at radius 3 is 2.70 bits per heavy atom. The molecule has 0 aliphatic heterocycles. The maximum absolute atomic E-state index is 6.09. The highest BCUT2D eigenvalue weighted by Crippen LogP contribution is 2.25. The molecule has 0 aliphatic rings. The molecule has 108 valence electrons. The van der Waals surface area contributed by atoms with Crippen molar-refractivity contribution in [3.8, 4) is 0 Å². The molecule has 4 heteroatoms. The zero-order valence-electron chi connectivity index (χ0n) is 11.9. The summed E-state index contributed by atoms with van der Waals surface area (Å²) in [7, 11) is 2.14. The fourth-order valence-electron chi connectivity index (χ4n) is 2.42. The summed E-state index contributed by atoms with van der Waals surface area (Å²) in [5.41, 5.74) is 7.17. The van der Waals surface area contributed by atoms with Gasteiger partial charge < -0.3 is 5.73 Å². The monoisotopic (exact) mass is 308 g/mol. The molecule has 0 aliphatic carbocycles. The van der Waals surface area contributed by atoms with E-state index < -0.39 is 0 Å². The first kappa shape index (κ1) is 15.5. The number of thiophene rings is 1. The van der Waals surface area contributed by atoms with Crippen LogP contribution in [0, 0.1) is 0 Å². The van der Waals surface area contributed by atoms with Crippen molar-refractivity contribution in [3.05, 3.63) is 57.2 Å². The van der Waals surface area contributed by atoms with E-state index in [2.05, 4.69) is 42.5 Å². The molecule has 2 nitrogen and oxygen atoms in total. The van der Waals surface area contributed by atoms with Gasteiger partial charge in [0.15, 0.2) is 0 Å². The number of likely N-dealkylation sites (N-methyl/N-ethyl adjacent to an activating group) is 1. The van der Waals surface area contributed by atoms with Gasteiger partial charge in [-0.1, -0.05) is 29.8 Å². The molecule has 1 aromatic carbocycles.